The van der Waals surface area contributed by atoms with Crippen LogP contribution in [-0.4, -0.2) is 23.9 Å². The Morgan fingerprint density at radius 2 is 1.59 bits per heavy atom. The number of benzene rings is 3. The molecule has 7 nitrogen and oxygen atoms in total. The number of methoxy groups -OCH3 is 1. The number of carbonyl (C=O) groups is 2. The number of hydrogen-bond acceptors (Lipinski definition) is 6. The molecular formula is C32H29NO6. The van der Waals surface area contributed by atoms with Gasteiger partial charge in [-0.2, -0.15) is 0 Å². The minimum absolute atomic E-state index is 0.0797. The van der Waals surface area contributed by atoms with E-state index in [0.717, 1.165) is 5.56 Å². The summed E-state index contributed by atoms with van der Waals surface area (Å²) in [7, 11) is 1.49. The molecule has 0 spiro atoms. The van der Waals surface area contributed by atoms with Crippen LogP contribution >= 0.6 is 0 Å². The van der Waals surface area contributed by atoms with E-state index in [1.54, 1.807) is 48.5 Å². The second kappa shape index (κ2) is 10.2. The van der Waals surface area contributed by atoms with E-state index in [0.29, 0.717) is 34.3 Å². The van der Waals surface area contributed by atoms with Gasteiger partial charge in [0, 0.05) is 5.69 Å². The Morgan fingerprint density at radius 1 is 0.897 bits per heavy atom. The van der Waals surface area contributed by atoms with Crippen molar-refractivity contribution in [2.45, 2.75) is 32.2 Å². The van der Waals surface area contributed by atoms with Gasteiger partial charge in [0.1, 0.15) is 34.8 Å². The number of ketones is 1. The quantitative estimate of drug-likeness (QED) is 0.166. The van der Waals surface area contributed by atoms with Crippen molar-refractivity contribution in [1.82, 2.24) is 0 Å². The van der Waals surface area contributed by atoms with Crippen LogP contribution in [0.2, 0.25) is 0 Å². The van der Waals surface area contributed by atoms with Crippen LogP contribution in [0, 0.1) is 0 Å². The smallest absolute Gasteiger partial charge is 0.300 e. The van der Waals surface area contributed by atoms with Gasteiger partial charge < -0.3 is 19.0 Å². The second-order valence-corrected chi connectivity index (χ2v) is 10.3. The standard InChI is InChI=1S/C32H29NO6/c1-32(2,3)20-12-17-25(37-4)24(19-20)29(34)27-28(26-11-8-18-38-26)33(31(36)30(27)35)21-13-15-23(16-14-21)39-22-9-6-5-7-10-22/h5-19,28,34H,1-4H3/b29-27+. The minimum Gasteiger partial charge on any atom is -0.507 e. The number of para-hydroxylation sites is 1. The van der Waals surface area contributed by atoms with E-state index in [2.05, 4.69) is 0 Å². The Bertz CT molecular complexity index is 1530. The topological polar surface area (TPSA) is 89.2 Å². The first-order chi connectivity index (χ1) is 18.7. The average molecular weight is 524 g/mol. The molecule has 2 heterocycles. The third-order valence-electron chi connectivity index (χ3n) is 6.67. The molecule has 1 aliphatic rings. The predicted molar refractivity (Wildman–Crippen MR) is 148 cm³/mol. The van der Waals surface area contributed by atoms with Gasteiger partial charge in [0.2, 0.25) is 0 Å². The van der Waals surface area contributed by atoms with Gasteiger partial charge in [-0.25, -0.2) is 0 Å². The van der Waals surface area contributed by atoms with E-state index in [1.165, 1.54) is 18.3 Å². The Kier molecular flexibility index (Phi) is 6.74. The molecule has 1 unspecified atom stereocenters. The van der Waals surface area contributed by atoms with Crippen LogP contribution in [0.1, 0.15) is 43.7 Å². The molecule has 0 saturated carbocycles. The number of ether oxygens (including phenoxy) is 2. The monoisotopic (exact) mass is 523 g/mol. The molecule has 1 aromatic heterocycles. The molecule has 1 saturated heterocycles. The van der Waals surface area contributed by atoms with Crippen LogP contribution in [0.15, 0.2) is 101 Å². The van der Waals surface area contributed by atoms with Crippen LogP contribution in [0.3, 0.4) is 0 Å². The molecule has 3 aromatic carbocycles. The summed E-state index contributed by atoms with van der Waals surface area (Å²) in [5, 5.41) is 11.6. The van der Waals surface area contributed by atoms with Crippen molar-refractivity contribution in [3.63, 3.8) is 0 Å². The zero-order valence-corrected chi connectivity index (χ0v) is 22.2. The first-order valence-corrected chi connectivity index (χ1v) is 12.6. The number of aliphatic hydroxyl groups is 1. The Balaban J connectivity index is 1.60. The number of carbonyl (C=O) groups excluding carboxylic acids is 2. The first-order valence-electron chi connectivity index (χ1n) is 12.6. The first kappa shape index (κ1) is 25.9. The average Bonchev–Trinajstić information content (AvgIpc) is 3.55. The van der Waals surface area contributed by atoms with E-state index in [1.807, 2.05) is 57.2 Å². The largest absolute Gasteiger partial charge is 0.507 e. The molecule has 0 radical (unpaired) electrons. The van der Waals surface area contributed by atoms with Gasteiger partial charge in [-0.05, 0) is 71.6 Å². The zero-order valence-electron chi connectivity index (χ0n) is 22.2. The van der Waals surface area contributed by atoms with Gasteiger partial charge in [0.25, 0.3) is 11.7 Å². The van der Waals surface area contributed by atoms with Crippen molar-refractivity contribution in [3.8, 4) is 17.2 Å². The molecule has 0 bridgehead atoms. The van der Waals surface area contributed by atoms with Crippen molar-refractivity contribution in [3.05, 3.63) is 114 Å². The fourth-order valence-corrected chi connectivity index (χ4v) is 4.62. The van der Waals surface area contributed by atoms with E-state index in [-0.39, 0.29) is 16.7 Å². The van der Waals surface area contributed by atoms with Crippen molar-refractivity contribution in [2.24, 2.45) is 0 Å². The molecule has 5 rings (SSSR count). The molecule has 1 fully saturated rings. The predicted octanol–water partition coefficient (Wildman–Crippen LogP) is 7.00. The van der Waals surface area contributed by atoms with Crippen molar-refractivity contribution >= 4 is 23.1 Å². The maximum Gasteiger partial charge on any atom is 0.300 e. The van der Waals surface area contributed by atoms with Gasteiger partial charge in [-0.3, -0.25) is 14.5 Å². The van der Waals surface area contributed by atoms with Crippen LogP contribution in [0.25, 0.3) is 5.76 Å². The molecule has 7 heteroatoms. The van der Waals surface area contributed by atoms with E-state index in [9.17, 15) is 14.7 Å². The minimum atomic E-state index is -0.983. The highest BCUT2D eigenvalue weighted by Crippen LogP contribution is 2.44. The number of furan rings is 1. The van der Waals surface area contributed by atoms with Gasteiger partial charge in [0.15, 0.2) is 0 Å². The highest BCUT2D eigenvalue weighted by molar-refractivity contribution is 6.51. The van der Waals surface area contributed by atoms with Gasteiger partial charge in [0.05, 0.1) is 24.5 Å². The van der Waals surface area contributed by atoms with Gasteiger partial charge >= 0.3 is 0 Å². The Morgan fingerprint density at radius 3 is 2.21 bits per heavy atom. The molecule has 198 valence electrons. The highest BCUT2D eigenvalue weighted by Gasteiger charge is 2.48. The summed E-state index contributed by atoms with van der Waals surface area (Å²) >= 11 is 0. The number of hydrogen-bond donors (Lipinski definition) is 1. The fourth-order valence-electron chi connectivity index (χ4n) is 4.62. The molecule has 1 amide bonds. The van der Waals surface area contributed by atoms with Crippen LogP contribution in [0.5, 0.6) is 17.2 Å². The second-order valence-electron chi connectivity index (χ2n) is 10.3. The summed E-state index contributed by atoms with van der Waals surface area (Å²) in [5.74, 6) is 0.0396. The maximum absolute atomic E-state index is 13.5. The van der Waals surface area contributed by atoms with Gasteiger partial charge in [-0.15, -0.1) is 0 Å². The maximum atomic E-state index is 13.5. The van der Waals surface area contributed by atoms with Gasteiger partial charge in [-0.1, -0.05) is 45.0 Å². The summed E-state index contributed by atoms with van der Waals surface area (Å²) < 4.78 is 17.1. The molecular weight excluding hydrogens is 494 g/mol. The summed E-state index contributed by atoms with van der Waals surface area (Å²) in [4.78, 5) is 28.3. The Hall–Kier alpha value is -4.78. The molecule has 1 N–H and O–H groups in total. The molecule has 1 aliphatic heterocycles. The zero-order chi connectivity index (χ0) is 27.7. The van der Waals surface area contributed by atoms with Crippen LogP contribution < -0.4 is 14.4 Å². The number of nitrogens with zero attached hydrogens (tertiary/aromatic N) is 1. The fraction of sp³-hybridized carbons (Fsp3) is 0.188. The van der Waals surface area contributed by atoms with Crippen molar-refractivity contribution < 1.29 is 28.6 Å². The summed E-state index contributed by atoms with van der Waals surface area (Å²) in [6, 6.07) is 24.0. The lowest BCUT2D eigenvalue weighted by Gasteiger charge is -2.24. The SMILES string of the molecule is COc1ccc(C(C)(C)C)cc1/C(O)=C1\C(=O)C(=O)N(c2ccc(Oc3ccccc3)cc2)C1c1ccco1. The number of Topliss-reactive ketones (excluding diaryl/α,β-unsaturated/α-hetero) is 1. The van der Waals surface area contributed by atoms with Crippen molar-refractivity contribution in [2.75, 3.05) is 12.0 Å². The van der Waals surface area contributed by atoms with E-state index < -0.39 is 17.7 Å². The molecule has 39 heavy (non-hydrogen) atoms. The molecule has 4 aromatic rings. The summed E-state index contributed by atoms with van der Waals surface area (Å²) in [6.45, 7) is 6.14. The number of amides is 1. The molecule has 1 atom stereocenters. The van der Waals surface area contributed by atoms with Crippen molar-refractivity contribution in [1.29, 1.82) is 0 Å². The normalized spacial score (nSPS) is 16.9. The Labute approximate surface area is 226 Å². The lowest BCUT2D eigenvalue weighted by atomic mass is 9.85. The van der Waals surface area contributed by atoms with E-state index in [4.69, 9.17) is 13.9 Å². The summed E-state index contributed by atoms with van der Waals surface area (Å²) in [5.41, 5.74) is 1.41. The van der Waals surface area contributed by atoms with E-state index >= 15 is 0 Å². The third kappa shape index (κ3) is 4.91. The highest BCUT2D eigenvalue weighted by atomic mass is 16.5. The molecule has 0 aliphatic carbocycles. The lowest BCUT2D eigenvalue weighted by molar-refractivity contribution is -0.132. The summed E-state index contributed by atoms with van der Waals surface area (Å²) in [6.07, 6.45) is 1.47. The number of aliphatic hydroxyl groups excluding tert-OH is 1. The van der Waals surface area contributed by atoms with Crippen LogP contribution in [0.4, 0.5) is 5.69 Å². The third-order valence-corrected chi connectivity index (χ3v) is 6.67. The van der Waals surface area contributed by atoms with Crippen LogP contribution in [-0.2, 0) is 15.0 Å². The lowest BCUT2D eigenvalue weighted by Crippen LogP contribution is -2.29. The number of rotatable bonds is 6. The number of anilines is 1.